The molecule has 20 heteroatoms. The molecule has 80 heavy (non-hydrogen) atoms. The van der Waals surface area contributed by atoms with Crippen LogP contribution in [0.3, 0.4) is 0 Å². The molecule has 3 N–H and O–H groups in total. The summed E-state index contributed by atoms with van der Waals surface area (Å²) < 4.78 is 30.3. The average molecular weight is 1110 g/mol. The summed E-state index contributed by atoms with van der Waals surface area (Å²) in [4.78, 5) is 90.1. The number of piperidine rings is 4. The maximum atomic E-state index is 14.2. The molecule has 6 fully saturated rings. The highest BCUT2D eigenvalue weighted by Crippen LogP contribution is 2.45. The fraction of sp³-hybridized carbons (Fsp3) is 0.450. The van der Waals surface area contributed by atoms with Gasteiger partial charge in [-0.05, 0) is 148 Å². The lowest BCUT2D eigenvalue weighted by Gasteiger charge is -2.40. The second-order valence-corrected chi connectivity index (χ2v) is 23.5. The summed E-state index contributed by atoms with van der Waals surface area (Å²) in [5, 5.41) is 21.3. The van der Waals surface area contributed by atoms with Gasteiger partial charge >= 0.3 is 0 Å². The molecule has 6 aromatic rings. The Labute approximate surface area is 467 Å². The first-order valence-electron chi connectivity index (χ1n) is 27.7. The standard InChI is InChI=1S/C30H32FN5O3.C26H27N5O3.C4H5FO.ClH/c1-29(11-13-34(14-12-29)18-30(31)9-10-30)35-17-19(16-32-35)15-20-5-6-23-26-21(20)3-2-4-22(26)28(39)36(23)24-7-8-25(37)33-27(24)38;1-26(9-11-27-12-10-26)30-15-16(14-28-30)13-17-5-6-20-23-18(17)3-2-4-19(23)25(34)31(20)21-7-8-22(32)29-24(21)33;5-4(3-6)1-2-4;/h2-6,16-17,24H,7-15,18H2,1H3,(H,33,37,38);2-6,14-15,21,27H,7-13H2,1H3,(H,29,32,33);3H,1-2H2;1H. The molecule has 2 unspecified atom stereocenters. The monoisotopic (exact) mass is 1110 g/mol. The lowest BCUT2D eigenvalue weighted by Crippen LogP contribution is -2.53. The average Bonchev–Trinajstić information content (AvgIpc) is 4.08. The molecule has 8 heterocycles. The smallest absolute Gasteiger partial charge is 0.259 e. The van der Waals surface area contributed by atoms with E-state index in [1.54, 1.807) is 9.80 Å². The van der Waals surface area contributed by atoms with Gasteiger partial charge in [-0.25, -0.2) is 8.78 Å². The summed E-state index contributed by atoms with van der Waals surface area (Å²) in [6.07, 6.45) is 17.2. The summed E-state index contributed by atoms with van der Waals surface area (Å²) in [5.74, 6) is -1.80. The van der Waals surface area contributed by atoms with Crippen LogP contribution in [0.2, 0.25) is 0 Å². The van der Waals surface area contributed by atoms with Crippen LogP contribution in [0.1, 0.15) is 134 Å². The molecule has 0 spiro atoms. The van der Waals surface area contributed by atoms with E-state index in [0.717, 1.165) is 107 Å². The maximum Gasteiger partial charge on any atom is 0.259 e. The zero-order valence-corrected chi connectivity index (χ0v) is 45.7. The van der Waals surface area contributed by atoms with Gasteiger partial charge in [0, 0.05) is 79.6 Å². The van der Waals surface area contributed by atoms with Gasteiger partial charge in [0.05, 0.1) is 34.8 Å². The van der Waals surface area contributed by atoms with Crippen molar-refractivity contribution in [2.24, 2.45) is 0 Å². The van der Waals surface area contributed by atoms with E-state index in [1.807, 2.05) is 73.1 Å². The Morgan fingerprint density at radius 3 is 1.49 bits per heavy atom. The van der Waals surface area contributed by atoms with Crippen LogP contribution in [0.25, 0.3) is 21.5 Å². The maximum absolute atomic E-state index is 14.2. The zero-order chi connectivity index (χ0) is 55.0. The van der Waals surface area contributed by atoms with Crippen LogP contribution in [-0.4, -0.2) is 122 Å². The van der Waals surface area contributed by atoms with Gasteiger partial charge in [-0.2, -0.15) is 10.2 Å². The summed E-state index contributed by atoms with van der Waals surface area (Å²) in [6, 6.07) is 18.1. The van der Waals surface area contributed by atoms with Crippen molar-refractivity contribution in [3.8, 4) is 0 Å². The highest BCUT2D eigenvalue weighted by Gasteiger charge is 2.47. The Bertz CT molecular complexity index is 3500. The predicted octanol–water partition coefficient (Wildman–Crippen LogP) is 7.31. The van der Waals surface area contributed by atoms with E-state index in [-0.39, 0.29) is 60.0 Å². The van der Waals surface area contributed by atoms with Crippen molar-refractivity contribution in [1.29, 1.82) is 0 Å². The van der Waals surface area contributed by atoms with Crippen molar-refractivity contribution in [3.63, 3.8) is 0 Å². The molecular formula is C60H65ClF2N10O7. The number of carbonyl (C=O) groups is 7. The van der Waals surface area contributed by atoms with Crippen LogP contribution in [0, 0.1) is 0 Å². The number of rotatable bonds is 11. The molecule has 2 atom stereocenters. The number of carbonyl (C=O) groups excluding carboxylic acids is 7. The van der Waals surface area contributed by atoms with E-state index in [0.29, 0.717) is 75.3 Å². The number of amides is 6. The molecule has 0 bridgehead atoms. The van der Waals surface area contributed by atoms with E-state index in [2.05, 4.69) is 61.6 Å². The molecule has 4 aromatic carbocycles. The lowest BCUT2D eigenvalue weighted by molar-refractivity contribution is -0.135. The summed E-state index contributed by atoms with van der Waals surface area (Å²) >= 11 is 0. The number of likely N-dealkylation sites (tertiary alicyclic amines) is 1. The number of halogens is 3. The van der Waals surface area contributed by atoms with Gasteiger partial charge in [-0.3, -0.25) is 68.3 Å². The Hall–Kier alpha value is -7.22. The third kappa shape index (κ3) is 10.3. The first-order chi connectivity index (χ1) is 37.9. The SMILES string of the molecule is CC1(n2cc(Cc3ccc4c5c(cccc35)C(=O)N4C3CCC(=O)NC3=O)cn2)CCN(CC2(F)CC2)CC1.CC1(n2cc(Cc3ccc4c5c(cccc35)C(=O)N4C3CCC(=O)NC3=O)cn2)CCNCC1.Cl.O=CC1(F)CC1. The number of aldehydes is 1. The molecule has 0 radical (unpaired) electrons. The van der Waals surface area contributed by atoms with Gasteiger partial charge in [0.15, 0.2) is 12.0 Å². The fourth-order valence-electron chi connectivity index (χ4n) is 12.4. The third-order valence-electron chi connectivity index (χ3n) is 17.7. The second kappa shape index (κ2) is 21.0. The minimum Gasteiger partial charge on any atom is -0.317 e. The van der Waals surface area contributed by atoms with E-state index in [4.69, 9.17) is 5.10 Å². The Kier molecular flexibility index (Phi) is 14.4. The number of nitrogens with zero attached hydrogens (tertiary/aromatic N) is 7. The van der Waals surface area contributed by atoms with E-state index >= 15 is 0 Å². The number of aromatic nitrogens is 4. The zero-order valence-electron chi connectivity index (χ0n) is 44.9. The molecule has 8 aliphatic rings. The first kappa shape index (κ1) is 54.7. The largest absolute Gasteiger partial charge is 0.317 e. The number of anilines is 2. The topological polar surface area (TPSA) is 201 Å². The van der Waals surface area contributed by atoms with Crippen molar-refractivity contribution in [3.05, 3.63) is 119 Å². The summed E-state index contributed by atoms with van der Waals surface area (Å²) in [7, 11) is 0. The molecule has 2 aliphatic carbocycles. The summed E-state index contributed by atoms with van der Waals surface area (Å²) in [5.41, 5.74) is 4.68. The quantitative estimate of drug-likeness (QED) is 0.0868. The normalized spacial score (nSPS) is 22.9. The van der Waals surface area contributed by atoms with E-state index < -0.39 is 35.2 Å². The fourth-order valence-corrected chi connectivity index (χ4v) is 12.4. The molecule has 2 saturated carbocycles. The van der Waals surface area contributed by atoms with Crippen LogP contribution >= 0.6 is 12.4 Å². The van der Waals surface area contributed by atoms with Crippen LogP contribution < -0.4 is 25.8 Å². The number of nitrogens with one attached hydrogen (secondary N) is 3. The third-order valence-corrected chi connectivity index (χ3v) is 17.7. The highest BCUT2D eigenvalue weighted by atomic mass is 35.5. The van der Waals surface area contributed by atoms with Gasteiger partial charge < -0.3 is 5.32 Å². The van der Waals surface area contributed by atoms with Crippen molar-refractivity contribution in [1.82, 2.24) is 40.4 Å². The Morgan fingerprint density at radius 2 is 1.07 bits per heavy atom. The molecule has 17 nitrogen and oxygen atoms in total. The number of benzene rings is 4. The van der Waals surface area contributed by atoms with Crippen molar-refractivity contribution in [2.45, 2.75) is 138 Å². The van der Waals surface area contributed by atoms with Gasteiger partial charge in [0.25, 0.3) is 11.8 Å². The molecule has 418 valence electrons. The minimum absolute atomic E-state index is 0. The van der Waals surface area contributed by atoms with Crippen LogP contribution in [0.15, 0.2) is 85.5 Å². The van der Waals surface area contributed by atoms with Crippen molar-refractivity contribution in [2.75, 3.05) is 42.5 Å². The minimum atomic E-state index is -1.39. The van der Waals surface area contributed by atoms with Crippen LogP contribution in [-0.2, 0) is 47.9 Å². The summed E-state index contributed by atoms with van der Waals surface area (Å²) in [6.45, 7) is 8.81. The Balaban J connectivity index is 0.000000152. The molecule has 4 saturated heterocycles. The molecule has 2 aromatic heterocycles. The number of alkyl halides is 2. The molecular weight excluding hydrogens is 1050 g/mol. The van der Waals surface area contributed by atoms with Gasteiger partial charge in [0.2, 0.25) is 23.6 Å². The molecule has 6 aliphatic heterocycles. The lowest BCUT2D eigenvalue weighted by atomic mass is 9.89. The van der Waals surface area contributed by atoms with Crippen LogP contribution in [0.4, 0.5) is 20.2 Å². The van der Waals surface area contributed by atoms with Gasteiger partial charge in [0.1, 0.15) is 17.8 Å². The number of hydrogen-bond acceptors (Lipinski definition) is 11. The molecule has 14 rings (SSSR count). The van der Waals surface area contributed by atoms with Gasteiger partial charge in [-0.1, -0.05) is 36.4 Å². The second-order valence-electron chi connectivity index (χ2n) is 23.5. The van der Waals surface area contributed by atoms with Gasteiger partial charge in [-0.15, -0.1) is 12.4 Å². The van der Waals surface area contributed by atoms with Crippen molar-refractivity contribution >= 4 is 87.1 Å². The number of imide groups is 2. The Morgan fingerprint density at radius 1 is 0.613 bits per heavy atom. The van der Waals surface area contributed by atoms with E-state index in [1.165, 1.54) is 0 Å². The van der Waals surface area contributed by atoms with E-state index in [9.17, 15) is 42.3 Å². The number of hydrogen-bond donors (Lipinski definition) is 3. The van der Waals surface area contributed by atoms with Crippen LogP contribution in [0.5, 0.6) is 0 Å². The van der Waals surface area contributed by atoms with Crippen molar-refractivity contribution < 1.29 is 42.3 Å². The molecule has 6 amide bonds. The first-order valence-corrected chi connectivity index (χ1v) is 27.7. The predicted molar refractivity (Wildman–Crippen MR) is 298 cm³/mol. The highest BCUT2D eigenvalue weighted by molar-refractivity contribution is 6.28.